The van der Waals surface area contributed by atoms with Gasteiger partial charge in [0.1, 0.15) is 23.1 Å². The van der Waals surface area contributed by atoms with Gasteiger partial charge in [0.2, 0.25) is 5.91 Å². The van der Waals surface area contributed by atoms with E-state index < -0.39 is 11.8 Å². The Labute approximate surface area is 176 Å². The van der Waals surface area contributed by atoms with E-state index >= 15 is 0 Å². The number of hydrogen-bond acceptors (Lipinski definition) is 4. The van der Waals surface area contributed by atoms with E-state index in [9.17, 15) is 19.1 Å². The number of amides is 1. The molecule has 0 fully saturated rings. The van der Waals surface area contributed by atoms with Crippen molar-refractivity contribution in [3.8, 4) is 16.9 Å². The van der Waals surface area contributed by atoms with E-state index in [2.05, 4.69) is 11.9 Å². The van der Waals surface area contributed by atoms with Gasteiger partial charge in [-0.15, -0.1) is 11.3 Å². The Morgan fingerprint density at radius 1 is 1.30 bits per heavy atom. The Morgan fingerprint density at radius 2 is 2.07 bits per heavy atom. The van der Waals surface area contributed by atoms with Crippen LogP contribution < -0.4 is 10.1 Å². The maximum Gasteiger partial charge on any atom is 0.346 e. The number of carbonyl (C=O) groups is 2. The summed E-state index contributed by atoms with van der Waals surface area (Å²) in [5.74, 6) is -1.38. The minimum absolute atomic E-state index is 0.109. The van der Waals surface area contributed by atoms with Crippen molar-refractivity contribution >= 4 is 28.9 Å². The zero-order valence-corrected chi connectivity index (χ0v) is 16.7. The number of anilines is 1. The Morgan fingerprint density at radius 3 is 2.77 bits per heavy atom. The lowest BCUT2D eigenvalue weighted by molar-refractivity contribution is -0.116. The molecule has 3 aromatic rings. The Hall–Kier alpha value is -3.45. The quantitative estimate of drug-likeness (QED) is 0.528. The number of carboxylic acid groups (broad SMARTS) is 1. The molecule has 1 amide bonds. The van der Waals surface area contributed by atoms with Gasteiger partial charge in [-0.2, -0.15) is 0 Å². The van der Waals surface area contributed by atoms with Crippen molar-refractivity contribution in [3.63, 3.8) is 0 Å². The number of fused-ring (bicyclic) bond motifs is 1. The van der Waals surface area contributed by atoms with Gasteiger partial charge in [0, 0.05) is 22.8 Å². The molecule has 1 aromatic heterocycles. The number of hydrogen-bond donors (Lipinski definition) is 2. The summed E-state index contributed by atoms with van der Waals surface area (Å²) in [5, 5.41) is 12.6. The summed E-state index contributed by atoms with van der Waals surface area (Å²) in [5.41, 5.74) is 2.27. The molecule has 0 radical (unpaired) electrons. The molecule has 0 saturated heterocycles. The summed E-state index contributed by atoms with van der Waals surface area (Å²) in [7, 11) is 0. The first-order valence-corrected chi connectivity index (χ1v) is 10.1. The number of halogens is 1. The van der Waals surface area contributed by atoms with E-state index in [1.807, 2.05) is 24.3 Å². The molecule has 30 heavy (non-hydrogen) atoms. The van der Waals surface area contributed by atoms with Crippen LogP contribution in [0.2, 0.25) is 0 Å². The smallest absolute Gasteiger partial charge is 0.346 e. The minimum atomic E-state index is -1.09. The van der Waals surface area contributed by atoms with Crippen molar-refractivity contribution in [3.05, 3.63) is 82.3 Å². The number of ether oxygens (including phenoxy) is 1. The molecule has 2 aromatic carbocycles. The second-order valence-corrected chi connectivity index (χ2v) is 7.89. The maximum atomic E-state index is 13.4. The van der Waals surface area contributed by atoms with Gasteiger partial charge < -0.3 is 15.2 Å². The Kier molecular flexibility index (Phi) is 5.37. The second-order valence-electron chi connectivity index (χ2n) is 6.83. The van der Waals surface area contributed by atoms with Gasteiger partial charge in [0.15, 0.2) is 0 Å². The molecule has 0 spiro atoms. The predicted molar refractivity (Wildman–Crippen MR) is 114 cm³/mol. The summed E-state index contributed by atoms with van der Waals surface area (Å²) in [6.45, 7) is 3.99. The molecule has 0 unspecified atom stereocenters. The lowest BCUT2D eigenvalue weighted by Crippen LogP contribution is -2.22. The topological polar surface area (TPSA) is 75.6 Å². The van der Waals surface area contributed by atoms with Gasteiger partial charge in [-0.05, 0) is 35.4 Å². The highest BCUT2D eigenvalue weighted by molar-refractivity contribution is 7.15. The Bertz CT molecular complexity index is 1140. The molecule has 2 N–H and O–H groups in total. The number of nitrogens with one attached hydrogen (secondary N) is 1. The number of thiophene rings is 1. The second kappa shape index (κ2) is 8.12. The lowest BCUT2D eigenvalue weighted by atomic mass is 9.88. The first-order chi connectivity index (χ1) is 14.5. The fraction of sp³-hybridized carbons (Fsp3) is 0.130. The number of benzene rings is 2. The van der Waals surface area contributed by atoms with Crippen LogP contribution in [0, 0.1) is 5.82 Å². The number of carboxylic acids is 1. The average Bonchev–Trinajstić information content (AvgIpc) is 3.12. The molecule has 0 bridgehead atoms. The number of aromatic carboxylic acids is 1. The monoisotopic (exact) mass is 423 g/mol. The van der Waals surface area contributed by atoms with Crippen molar-refractivity contribution in [2.75, 3.05) is 11.9 Å². The molecule has 4 rings (SSSR count). The van der Waals surface area contributed by atoms with E-state index in [4.69, 9.17) is 4.74 Å². The van der Waals surface area contributed by atoms with Crippen molar-refractivity contribution in [2.45, 2.75) is 12.3 Å². The fourth-order valence-electron chi connectivity index (χ4n) is 3.57. The molecular weight excluding hydrogens is 405 g/mol. The third-order valence-corrected chi connectivity index (χ3v) is 6.15. The first-order valence-electron chi connectivity index (χ1n) is 9.27. The first kappa shape index (κ1) is 19.8. The molecular formula is C23H18FNO4S. The van der Waals surface area contributed by atoms with Crippen LogP contribution in [0.3, 0.4) is 0 Å². The van der Waals surface area contributed by atoms with Crippen LogP contribution in [0.5, 0.6) is 5.75 Å². The van der Waals surface area contributed by atoms with E-state index in [1.165, 1.54) is 24.3 Å². The van der Waals surface area contributed by atoms with Gasteiger partial charge in [-0.3, -0.25) is 4.79 Å². The van der Waals surface area contributed by atoms with Gasteiger partial charge in [0.05, 0.1) is 5.69 Å². The largest absolute Gasteiger partial charge is 0.490 e. The molecule has 5 nitrogen and oxygen atoms in total. The van der Waals surface area contributed by atoms with Crippen LogP contribution in [0.4, 0.5) is 10.1 Å². The number of rotatable bonds is 6. The summed E-state index contributed by atoms with van der Waals surface area (Å²) in [6.07, 6.45) is 1.84. The van der Waals surface area contributed by atoms with Crippen LogP contribution in [0.25, 0.3) is 11.1 Å². The molecule has 2 heterocycles. The zero-order chi connectivity index (χ0) is 21.3. The van der Waals surface area contributed by atoms with Gasteiger partial charge >= 0.3 is 5.97 Å². The standard InChI is InChI=1S/C23H18FNO4S/c1-2-10-29-16-5-3-4-14(11-16)17-12-18(26)25-20-19(13-6-8-15(24)9-7-13)22(23(27)28)30-21(17)20/h2-9,11,17H,1,10,12H2,(H,25,26)(H,27,28)/t17-/m1/s1. The zero-order valence-electron chi connectivity index (χ0n) is 15.9. The van der Waals surface area contributed by atoms with Gasteiger partial charge in [0.25, 0.3) is 0 Å². The van der Waals surface area contributed by atoms with E-state index in [-0.39, 0.29) is 23.1 Å². The molecule has 0 saturated carbocycles. The molecule has 7 heteroatoms. The van der Waals surface area contributed by atoms with E-state index in [1.54, 1.807) is 6.08 Å². The summed E-state index contributed by atoms with van der Waals surface area (Å²) in [4.78, 5) is 25.4. The summed E-state index contributed by atoms with van der Waals surface area (Å²) >= 11 is 1.13. The van der Waals surface area contributed by atoms with Crippen LogP contribution in [-0.2, 0) is 4.79 Å². The summed E-state index contributed by atoms with van der Waals surface area (Å²) in [6, 6.07) is 13.0. The minimum Gasteiger partial charge on any atom is -0.490 e. The lowest BCUT2D eigenvalue weighted by Gasteiger charge is -2.24. The third-order valence-electron chi connectivity index (χ3n) is 4.86. The van der Waals surface area contributed by atoms with Crippen molar-refractivity contribution < 1.29 is 23.8 Å². The van der Waals surface area contributed by atoms with Crippen molar-refractivity contribution in [1.82, 2.24) is 0 Å². The molecule has 152 valence electrons. The Balaban J connectivity index is 1.85. The van der Waals surface area contributed by atoms with Crippen LogP contribution >= 0.6 is 11.3 Å². The molecule has 1 aliphatic heterocycles. The molecule has 1 atom stereocenters. The van der Waals surface area contributed by atoms with Crippen LogP contribution in [-0.4, -0.2) is 23.6 Å². The predicted octanol–water partition coefficient (Wildman–Crippen LogP) is 5.29. The highest BCUT2D eigenvalue weighted by atomic mass is 32.1. The van der Waals surface area contributed by atoms with E-state index in [0.717, 1.165) is 21.8 Å². The SMILES string of the molecule is C=CCOc1cccc([C@H]2CC(=O)Nc3c2sc(C(=O)O)c3-c2ccc(F)cc2)c1. The number of carbonyl (C=O) groups excluding carboxylic acids is 1. The highest BCUT2D eigenvalue weighted by Crippen LogP contribution is 2.49. The maximum absolute atomic E-state index is 13.4. The molecule has 0 aliphatic carbocycles. The van der Waals surface area contributed by atoms with E-state index in [0.29, 0.717) is 29.2 Å². The molecule has 1 aliphatic rings. The van der Waals surface area contributed by atoms with Crippen LogP contribution in [0.1, 0.15) is 32.5 Å². The normalized spacial score (nSPS) is 15.2. The fourth-order valence-corrected chi connectivity index (χ4v) is 4.82. The third kappa shape index (κ3) is 3.71. The van der Waals surface area contributed by atoms with Gasteiger partial charge in [-0.25, -0.2) is 9.18 Å². The van der Waals surface area contributed by atoms with Crippen molar-refractivity contribution in [2.24, 2.45) is 0 Å². The van der Waals surface area contributed by atoms with Crippen LogP contribution in [0.15, 0.2) is 61.2 Å². The van der Waals surface area contributed by atoms with Crippen molar-refractivity contribution in [1.29, 1.82) is 0 Å². The van der Waals surface area contributed by atoms with Gasteiger partial charge in [-0.1, -0.05) is 36.9 Å². The average molecular weight is 423 g/mol. The summed E-state index contributed by atoms with van der Waals surface area (Å²) < 4.78 is 19.0. The highest BCUT2D eigenvalue weighted by Gasteiger charge is 2.34.